The molecule has 0 radical (unpaired) electrons. The van der Waals surface area contributed by atoms with E-state index in [9.17, 15) is 0 Å². The average molecular weight is 238 g/mol. The zero-order valence-electron chi connectivity index (χ0n) is 10.2. The Bertz CT molecular complexity index is 469. The predicted octanol–water partition coefficient (Wildman–Crippen LogP) is 2.90. The van der Waals surface area contributed by atoms with Gasteiger partial charge in [-0.1, -0.05) is 66.2 Å². The second-order valence-corrected chi connectivity index (χ2v) is 6.84. The molecule has 1 aliphatic heterocycles. The van der Waals surface area contributed by atoms with E-state index >= 15 is 0 Å². The van der Waals surface area contributed by atoms with Gasteiger partial charge in [0.15, 0.2) is 0 Å². The fourth-order valence-corrected chi connectivity index (χ4v) is 4.67. The molecule has 3 rings (SSSR count). The van der Waals surface area contributed by atoms with E-state index in [4.69, 9.17) is 0 Å². The summed E-state index contributed by atoms with van der Waals surface area (Å²) in [5.74, 6) is 0. The first kappa shape index (κ1) is 10.8. The van der Waals surface area contributed by atoms with E-state index in [1.807, 2.05) is 0 Å². The van der Waals surface area contributed by atoms with E-state index in [2.05, 4.69) is 48.5 Å². The van der Waals surface area contributed by atoms with E-state index in [-0.39, 0.29) is 9.52 Å². The first-order chi connectivity index (χ1) is 8.45. The third-order valence-corrected chi connectivity index (χ3v) is 5.73. The van der Waals surface area contributed by atoms with Crippen LogP contribution in [0.15, 0.2) is 48.5 Å². The summed E-state index contributed by atoms with van der Waals surface area (Å²) in [6, 6.07) is 19.5. The largest absolute Gasteiger partial charge is 0.0631 e. The molecule has 0 spiro atoms. The highest BCUT2D eigenvalue weighted by molar-refractivity contribution is 6.55. The van der Waals surface area contributed by atoms with E-state index < -0.39 is 0 Å². The van der Waals surface area contributed by atoms with Crippen molar-refractivity contribution >= 4 is 14.7 Å². The molecule has 0 aliphatic carbocycles. The number of hydrogen-bond acceptors (Lipinski definition) is 0. The minimum atomic E-state index is -0.0618. The number of rotatable bonds is 0. The van der Waals surface area contributed by atoms with E-state index in [1.165, 1.54) is 42.0 Å². The average Bonchev–Trinajstić information content (AvgIpc) is 2.47. The summed E-state index contributed by atoms with van der Waals surface area (Å²) in [5.41, 5.74) is 4.53. The summed E-state index contributed by atoms with van der Waals surface area (Å²) in [4.78, 5) is 0. The smallest absolute Gasteiger partial charge is 0.0555 e. The van der Waals surface area contributed by atoms with Crippen LogP contribution in [0.2, 0.25) is 6.04 Å². The lowest BCUT2D eigenvalue weighted by Crippen LogP contribution is -2.16. The molecular weight excluding hydrogens is 220 g/mol. The molecule has 0 saturated heterocycles. The summed E-state index contributed by atoms with van der Waals surface area (Å²) in [6.45, 7) is 0. The molecule has 0 fully saturated rings. The van der Waals surface area contributed by atoms with Crippen molar-refractivity contribution in [1.29, 1.82) is 0 Å². The van der Waals surface area contributed by atoms with Crippen LogP contribution in [0, 0.1) is 0 Å². The van der Waals surface area contributed by atoms with Crippen molar-refractivity contribution in [2.75, 3.05) is 0 Å². The predicted molar refractivity (Wildman–Crippen MR) is 77.8 cm³/mol. The number of fused-ring (bicyclic) bond motifs is 3. The van der Waals surface area contributed by atoms with Gasteiger partial charge >= 0.3 is 0 Å². The zero-order chi connectivity index (χ0) is 11.5. The lowest BCUT2D eigenvalue weighted by molar-refractivity contribution is 0.795. The maximum atomic E-state index is 2.35. The monoisotopic (exact) mass is 238 g/mol. The molecule has 1 heterocycles. The molecule has 2 aromatic carbocycles. The van der Waals surface area contributed by atoms with Crippen LogP contribution in [0.1, 0.15) is 18.4 Å². The minimum absolute atomic E-state index is 0.0618. The van der Waals surface area contributed by atoms with Crippen molar-refractivity contribution in [2.24, 2.45) is 0 Å². The fraction of sp³-hybridized carbons (Fsp3) is 0.250. The SMILES string of the molecule is c1ccc2c(c1)CCCC[SiH2]c1ccccc1-2. The van der Waals surface area contributed by atoms with Gasteiger partial charge in [0.25, 0.3) is 0 Å². The van der Waals surface area contributed by atoms with Crippen molar-refractivity contribution in [3.63, 3.8) is 0 Å². The van der Waals surface area contributed by atoms with Crippen LogP contribution in [0.4, 0.5) is 0 Å². The number of aryl methyl sites for hydroxylation is 1. The molecule has 0 unspecified atom stereocenters. The second kappa shape index (κ2) is 4.88. The molecule has 17 heavy (non-hydrogen) atoms. The van der Waals surface area contributed by atoms with Crippen molar-refractivity contribution in [1.82, 2.24) is 0 Å². The Morgan fingerprint density at radius 2 is 1.53 bits per heavy atom. The molecule has 0 bridgehead atoms. The molecule has 0 amide bonds. The normalized spacial score (nSPS) is 16.5. The lowest BCUT2D eigenvalue weighted by atomic mass is 9.96. The summed E-state index contributed by atoms with van der Waals surface area (Å²) in [5, 5.41) is 1.65. The van der Waals surface area contributed by atoms with Gasteiger partial charge in [0.2, 0.25) is 0 Å². The molecule has 1 aliphatic rings. The first-order valence-corrected chi connectivity index (χ1v) is 8.32. The van der Waals surface area contributed by atoms with Crippen LogP contribution in [-0.4, -0.2) is 9.52 Å². The Hall–Kier alpha value is -1.34. The van der Waals surface area contributed by atoms with Gasteiger partial charge in [-0.3, -0.25) is 0 Å². The standard InChI is InChI=1S/C16H18Si/c1-2-9-14-13(7-1)8-5-6-12-17-16-11-4-3-10-15(14)16/h1-4,7,9-11H,5-6,8,12,17H2. The summed E-state index contributed by atoms with van der Waals surface area (Å²) in [6.07, 6.45) is 4.02. The molecule has 2 aromatic rings. The van der Waals surface area contributed by atoms with E-state index in [0.717, 1.165) is 0 Å². The quantitative estimate of drug-likeness (QED) is 0.619. The van der Waals surface area contributed by atoms with Crippen molar-refractivity contribution in [2.45, 2.75) is 25.3 Å². The van der Waals surface area contributed by atoms with Crippen LogP contribution in [0.25, 0.3) is 11.1 Å². The van der Waals surface area contributed by atoms with Crippen LogP contribution in [0.3, 0.4) is 0 Å². The molecule has 0 aromatic heterocycles. The van der Waals surface area contributed by atoms with Gasteiger partial charge in [-0.2, -0.15) is 0 Å². The van der Waals surface area contributed by atoms with Crippen LogP contribution < -0.4 is 5.19 Å². The third-order valence-electron chi connectivity index (χ3n) is 3.72. The van der Waals surface area contributed by atoms with E-state index in [0.29, 0.717) is 0 Å². The number of hydrogen-bond donors (Lipinski definition) is 0. The van der Waals surface area contributed by atoms with Crippen molar-refractivity contribution in [3.05, 3.63) is 54.1 Å². The Balaban J connectivity index is 2.18. The molecule has 1 heteroatoms. The fourth-order valence-electron chi connectivity index (χ4n) is 2.81. The topological polar surface area (TPSA) is 0 Å². The molecule has 0 N–H and O–H groups in total. The lowest BCUT2D eigenvalue weighted by Gasteiger charge is -2.11. The van der Waals surface area contributed by atoms with Crippen molar-refractivity contribution in [3.8, 4) is 11.1 Å². The summed E-state index contributed by atoms with van der Waals surface area (Å²) >= 11 is 0. The van der Waals surface area contributed by atoms with Gasteiger partial charge in [-0.05, 0) is 29.5 Å². The molecule has 0 nitrogen and oxygen atoms in total. The van der Waals surface area contributed by atoms with Gasteiger partial charge in [-0.15, -0.1) is 0 Å². The first-order valence-electron chi connectivity index (χ1n) is 6.61. The molecule has 0 atom stereocenters. The minimum Gasteiger partial charge on any atom is -0.0631 e. The zero-order valence-corrected chi connectivity index (χ0v) is 11.6. The molecule has 86 valence electrons. The number of benzene rings is 2. The van der Waals surface area contributed by atoms with Gasteiger partial charge in [0.1, 0.15) is 0 Å². The molecular formula is C16H18Si. The third kappa shape index (κ3) is 2.20. The van der Waals surface area contributed by atoms with Gasteiger partial charge in [-0.25, -0.2) is 0 Å². The van der Waals surface area contributed by atoms with Crippen LogP contribution >= 0.6 is 0 Å². The highest BCUT2D eigenvalue weighted by atomic mass is 28.2. The Morgan fingerprint density at radius 3 is 2.47 bits per heavy atom. The highest BCUT2D eigenvalue weighted by Gasteiger charge is 2.10. The second-order valence-electron chi connectivity index (χ2n) is 4.87. The Labute approximate surface area is 106 Å². The summed E-state index contributed by atoms with van der Waals surface area (Å²) in [7, 11) is -0.0618. The van der Waals surface area contributed by atoms with Gasteiger partial charge in [0, 0.05) is 0 Å². The van der Waals surface area contributed by atoms with Gasteiger partial charge in [0.05, 0.1) is 9.52 Å². The Morgan fingerprint density at radius 1 is 0.765 bits per heavy atom. The Kier molecular flexibility index (Phi) is 3.10. The van der Waals surface area contributed by atoms with Crippen molar-refractivity contribution < 1.29 is 0 Å². The van der Waals surface area contributed by atoms with E-state index in [1.54, 1.807) is 5.19 Å². The molecule has 0 saturated carbocycles. The van der Waals surface area contributed by atoms with Crippen LogP contribution in [-0.2, 0) is 6.42 Å². The van der Waals surface area contributed by atoms with Gasteiger partial charge < -0.3 is 0 Å². The highest BCUT2D eigenvalue weighted by Crippen LogP contribution is 2.25. The maximum Gasteiger partial charge on any atom is 0.0555 e. The van der Waals surface area contributed by atoms with Crippen LogP contribution in [0.5, 0.6) is 0 Å². The summed E-state index contributed by atoms with van der Waals surface area (Å²) < 4.78 is 0. The maximum absolute atomic E-state index is 2.35.